The van der Waals surface area contributed by atoms with E-state index in [9.17, 15) is 18.7 Å². The first-order chi connectivity index (χ1) is 9.58. The standard InChI is InChI=1S/C14H17F2NO3/c15-12(16)8-20-6-5-13(19)17-14-10-4-2-1-3-9(10)7-11(14)18/h1-4,11-12,14,18H,5-8H2,(H,17,19)/t11-,14+/m0/s1. The number of ether oxygens (including phenoxy) is 1. The van der Waals surface area contributed by atoms with E-state index in [4.69, 9.17) is 0 Å². The van der Waals surface area contributed by atoms with Gasteiger partial charge in [0.2, 0.25) is 5.91 Å². The normalized spacial score (nSPS) is 21.0. The second kappa shape index (κ2) is 6.76. The summed E-state index contributed by atoms with van der Waals surface area (Å²) in [5.41, 5.74) is 1.92. The van der Waals surface area contributed by atoms with Gasteiger partial charge >= 0.3 is 0 Å². The van der Waals surface area contributed by atoms with Crippen molar-refractivity contribution in [1.29, 1.82) is 0 Å². The Morgan fingerprint density at radius 3 is 2.95 bits per heavy atom. The van der Waals surface area contributed by atoms with Gasteiger partial charge in [-0.2, -0.15) is 0 Å². The molecule has 0 unspecified atom stereocenters. The molecule has 1 amide bonds. The molecule has 1 aromatic rings. The summed E-state index contributed by atoms with van der Waals surface area (Å²) in [6, 6.07) is 7.07. The van der Waals surface area contributed by atoms with Crippen LogP contribution in [0.2, 0.25) is 0 Å². The number of carbonyl (C=O) groups excluding carboxylic acids is 1. The smallest absolute Gasteiger partial charge is 0.261 e. The van der Waals surface area contributed by atoms with Crippen LogP contribution in [0.15, 0.2) is 24.3 Å². The van der Waals surface area contributed by atoms with Gasteiger partial charge in [0.25, 0.3) is 6.43 Å². The summed E-state index contributed by atoms with van der Waals surface area (Å²) >= 11 is 0. The maximum atomic E-state index is 11.8. The van der Waals surface area contributed by atoms with Gasteiger partial charge in [-0.3, -0.25) is 4.79 Å². The lowest BCUT2D eigenvalue weighted by molar-refractivity contribution is -0.124. The summed E-state index contributed by atoms with van der Waals surface area (Å²) in [6.07, 6.45) is -2.68. The molecule has 0 radical (unpaired) electrons. The van der Waals surface area contributed by atoms with Crippen molar-refractivity contribution in [3.05, 3.63) is 35.4 Å². The van der Waals surface area contributed by atoms with Gasteiger partial charge < -0.3 is 15.2 Å². The monoisotopic (exact) mass is 285 g/mol. The molecular formula is C14H17F2NO3. The number of benzene rings is 1. The van der Waals surface area contributed by atoms with Gasteiger partial charge in [0.05, 0.1) is 18.8 Å². The Morgan fingerprint density at radius 2 is 2.20 bits per heavy atom. The Morgan fingerprint density at radius 1 is 1.45 bits per heavy atom. The highest BCUT2D eigenvalue weighted by molar-refractivity contribution is 5.76. The minimum Gasteiger partial charge on any atom is -0.390 e. The predicted molar refractivity (Wildman–Crippen MR) is 68.5 cm³/mol. The fourth-order valence-corrected chi connectivity index (χ4v) is 2.33. The van der Waals surface area contributed by atoms with Crippen LogP contribution < -0.4 is 5.32 Å². The molecule has 0 saturated carbocycles. The van der Waals surface area contributed by atoms with Crippen molar-refractivity contribution in [2.75, 3.05) is 13.2 Å². The second-order valence-electron chi connectivity index (χ2n) is 4.73. The van der Waals surface area contributed by atoms with Crippen LogP contribution in [0.3, 0.4) is 0 Å². The van der Waals surface area contributed by atoms with Crippen molar-refractivity contribution >= 4 is 5.91 Å². The number of nitrogens with one attached hydrogen (secondary N) is 1. The molecular weight excluding hydrogens is 268 g/mol. The van der Waals surface area contributed by atoms with E-state index < -0.39 is 25.2 Å². The molecule has 1 aliphatic carbocycles. The Bertz CT molecular complexity index is 467. The molecule has 2 atom stereocenters. The van der Waals surface area contributed by atoms with E-state index in [1.807, 2.05) is 24.3 Å². The average molecular weight is 285 g/mol. The fourth-order valence-electron chi connectivity index (χ4n) is 2.33. The van der Waals surface area contributed by atoms with E-state index in [0.717, 1.165) is 11.1 Å². The van der Waals surface area contributed by atoms with Gasteiger partial charge in [-0.05, 0) is 11.1 Å². The molecule has 20 heavy (non-hydrogen) atoms. The second-order valence-corrected chi connectivity index (χ2v) is 4.73. The zero-order chi connectivity index (χ0) is 14.5. The third-order valence-electron chi connectivity index (χ3n) is 3.24. The van der Waals surface area contributed by atoms with Crippen LogP contribution in [0.25, 0.3) is 0 Å². The summed E-state index contributed by atoms with van der Waals surface area (Å²) in [5.74, 6) is -0.319. The van der Waals surface area contributed by atoms with Gasteiger partial charge in [0.15, 0.2) is 0 Å². The summed E-state index contributed by atoms with van der Waals surface area (Å²) < 4.78 is 28.3. The zero-order valence-corrected chi connectivity index (χ0v) is 10.9. The lowest BCUT2D eigenvalue weighted by Crippen LogP contribution is -2.34. The van der Waals surface area contributed by atoms with E-state index in [0.29, 0.717) is 6.42 Å². The maximum Gasteiger partial charge on any atom is 0.261 e. The molecule has 0 aliphatic heterocycles. The molecule has 1 aliphatic rings. The van der Waals surface area contributed by atoms with Gasteiger partial charge in [0, 0.05) is 12.8 Å². The number of rotatable bonds is 6. The van der Waals surface area contributed by atoms with Crippen molar-refractivity contribution in [1.82, 2.24) is 5.32 Å². The van der Waals surface area contributed by atoms with Crippen LogP contribution in [0, 0.1) is 0 Å². The van der Waals surface area contributed by atoms with E-state index in [2.05, 4.69) is 10.1 Å². The molecule has 0 heterocycles. The number of fused-ring (bicyclic) bond motifs is 1. The van der Waals surface area contributed by atoms with Gasteiger partial charge in [-0.25, -0.2) is 8.78 Å². The fraction of sp³-hybridized carbons (Fsp3) is 0.500. The van der Waals surface area contributed by atoms with Gasteiger partial charge in [-0.15, -0.1) is 0 Å². The maximum absolute atomic E-state index is 11.8. The zero-order valence-electron chi connectivity index (χ0n) is 10.9. The number of carbonyl (C=O) groups is 1. The van der Waals surface area contributed by atoms with Crippen LogP contribution in [0.1, 0.15) is 23.6 Å². The minimum atomic E-state index is -2.53. The Labute approximate surface area is 115 Å². The van der Waals surface area contributed by atoms with Crippen molar-refractivity contribution in [2.45, 2.75) is 31.4 Å². The van der Waals surface area contributed by atoms with Crippen LogP contribution in [-0.2, 0) is 16.0 Å². The van der Waals surface area contributed by atoms with Crippen molar-refractivity contribution < 1.29 is 23.4 Å². The van der Waals surface area contributed by atoms with Gasteiger partial charge in [-0.1, -0.05) is 24.3 Å². The van der Waals surface area contributed by atoms with Crippen molar-refractivity contribution in [2.24, 2.45) is 0 Å². The Kier molecular flexibility index (Phi) is 5.03. The highest BCUT2D eigenvalue weighted by Gasteiger charge is 2.31. The number of amides is 1. The summed E-state index contributed by atoms with van der Waals surface area (Å²) in [6.45, 7) is -0.719. The predicted octanol–water partition coefficient (Wildman–Crippen LogP) is 1.43. The molecule has 0 aromatic heterocycles. The topological polar surface area (TPSA) is 58.6 Å². The molecule has 2 rings (SSSR count). The number of halogens is 2. The van der Waals surface area contributed by atoms with Crippen LogP contribution in [0.4, 0.5) is 8.78 Å². The molecule has 0 bridgehead atoms. The van der Waals surface area contributed by atoms with E-state index in [1.165, 1.54) is 0 Å². The molecule has 0 saturated heterocycles. The Hall–Kier alpha value is -1.53. The third-order valence-corrected chi connectivity index (χ3v) is 3.24. The molecule has 0 fully saturated rings. The third kappa shape index (κ3) is 3.74. The lowest BCUT2D eigenvalue weighted by Gasteiger charge is -2.18. The minimum absolute atomic E-state index is 0.00188. The van der Waals surface area contributed by atoms with Crippen LogP contribution in [0.5, 0.6) is 0 Å². The molecule has 1 aromatic carbocycles. The Balaban J connectivity index is 1.82. The largest absolute Gasteiger partial charge is 0.390 e. The lowest BCUT2D eigenvalue weighted by atomic mass is 10.1. The van der Waals surface area contributed by atoms with Crippen LogP contribution >= 0.6 is 0 Å². The first-order valence-electron chi connectivity index (χ1n) is 6.49. The van der Waals surface area contributed by atoms with E-state index >= 15 is 0 Å². The van der Waals surface area contributed by atoms with Crippen LogP contribution in [-0.4, -0.2) is 36.8 Å². The molecule has 6 heteroatoms. The van der Waals surface area contributed by atoms with Crippen molar-refractivity contribution in [3.8, 4) is 0 Å². The number of hydrogen-bond acceptors (Lipinski definition) is 3. The quantitative estimate of drug-likeness (QED) is 0.777. The first-order valence-corrected chi connectivity index (χ1v) is 6.49. The molecule has 110 valence electrons. The molecule has 2 N–H and O–H groups in total. The first kappa shape index (κ1) is 14.9. The number of aliphatic hydroxyl groups is 1. The molecule has 4 nitrogen and oxygen atoms in total. The SMILES string of the molecule is O=C(CCOCC(F)F)N[C@@H]1c2ccccc2C[C@@H]1O. The summed E-state index contributed by atoms with van der Waals surface area (Å²) in [7, 11) is 0. The van der Waals surface area contributed by atoms with Crippen molar-refractivity contribution in [3.63, 3.8) is 0 Å². The summed E-state index contributed by atoms with van der Waals surface area (Å²) in [5, 5.41) is 12.7. The van der Waals surface area contributed by atoms with E-state index in [1.54, 1.807) is 0 Å². The van der Waals surface area contributed by atoms with E-state index in [-0.39, 0.29) is 18.9 Å². The van der Waals surface area contributed by atoms with Gasteiger partial charge in [0.1, 0.15) is 6.61 Å². The summed E-state index contributed by atoms with van der Waals surface area (Å²) in [4.78, 5) is 11.7. The molecule has 0 spiro atoms. The average Bonchev–Trinajstić information content (AvgIpc) is 2.71. The highest BCUT2D eigenvalue weighted by atomic mass is 19.3. The number of hydrogen-bond donors (Lipinski definition) is 2. The number of aliphatic hydroxyl groups excluding tert-OH is 1. The highest BCUT2D eigenvalue weighted by Crippen LogP contribution is 2.31. The number of alkyl halides is 2.